The number of nitrogens with zero attached hydrogens (tertiary/aromatic N) is 3. The molecule has 1 aromatic rings. The quantitative estimate of drug-likeness (QED) is 0.674. The molecule has 3 heterocycles. The second-order valence-corrected chi connectivity index (χ2v) is 10.7. The van der Waals surface area contributed by atoms with Crippen LogP contribution in [0.4, 0.5) is 10.5 Å². The Labute approximate surface area is 197 Å². The average Bonchev–Trinajstić information content (AvgIpc) is 2.93. The van der Waals surface area contributed by atoms with Crippen molar-refractivity contribution in [1.82, 2.24) is 14.8 Å². The molecule has 0 aliphatic carbocycles. The zero-order valence-electron chi connectivity index (χ0n) is 20.9. The van der Waals surface area contributed by atoms with E-state index in [4.69, 9.17) is 14.0 Å². The first-order chi connectivity index (χ1) is 15.3. The van der Waals surface area contributed by atoms with Crippen molar-refractivity contribution in [1.29, 1.82) is 0 Å². The molecule has 0 aromatic carbocycles. The maximum absolute atomic E-state index is 12.5. The minimum atomic E-state index is -0.527. The lowest BCUT2D eigenvalue weighted by molar-refractivity contribution is -0.116. The van der Waals surface area contributed by atoms with Crippen molar-refractivity contribution >= 4 is 30.3 Å². The van der Waals surface area contributed by atoms with Crippen LogP contribution in [0.5, 0.6) is 0 Å². The SMILES string of the molecule is CC(C)(C)OC(=O)N1CCN(CCC(=O)Nc2cncc(B3OC(C)(C)C(C)(C)O3)c2)CC1. The maximum atomic E-state index is 12.5. The zero-order chi connectivity index (χ0) is 24.4. The summed E-state index contributed by atoms with van der Waals surface area (Å²) in [5.41, 5.74) is 0.00195. The minimum Gasteiger partial charge on any atom is -0.444 e. The molecule has 0 unspecified atom stereocenters. The molecule has 3 rings (SSSR count). The highest BCUT2D eigenvalue weighted by Crippen LogP contribution is 2.36. The van der Waals surface area contributed by atoms with E-state index in [1.54, 1.807) is 17.3 Å². The summed E-state index contributed by atoms with van der Waals surface area (Å²) in [7, 11) is -0.527. The van der Waals surface area contributed by atoms with Gasteiger partial charge in [0.15, 0.2) is 0 Å². The van der Waals surface area contributed by atoms with Gasteiger partial charge in [-0.05, 0) is 54.5 Å². The summed E-state index contributed by atoms with van der Waals surface area (Å²) in [4.78, 5) is 32.8. The molecule has 182 valence electrons. The normalized spacial score (nSPS) is 20.6. The smallest absolute Gasteiger partial charge is 0.444 e. The number of amides is 2. The lowest BCUT2D eigenvalue weighted by Crippen LogP contribution is -2.50. The number of hydrogen-bond donors (Lipinski definition) is 1. The number of hydrogen-bond acceptors (Lipinski definition) is 7. The van der Waals surface area contributed by atoms with Crippen LogP contribution in [0.15, 0.2) is 18.5 Å². The third-order valence-corrected chi connectivity index (χ3v) is 6.25. The number of carbonyl (C=O) groups excluding carboxylic acids is 2. The molecule has 2 amide bonds. The molecule has 0 saturated carbocycles. The van der Waals surface area contributed by atoms with Gasteiger partial charge in [-0.2, -0.15) is 0 Å². The molecule has 33 heavy (non-hydrogen) atoms. The Morgan fingerprint density at radius 1 is 1.09 bits per heavy atom. The summed E-state index contributed by atoms with van der Waals surface area (Å²) in [6.45, 7) is 16.8. The number of anilines is 1. The largest absolute Gasteiger partial charge is 0.496 e. The highest BCUT2D eigenvalue weighted by atomic mass is 16.7. The first-order valence-corrected chi connectivity index (χ1v) is 11.6. The first-order valence-electron chi connectivity index (χ1n) is 11.6. The van der Waals surface area contributed by atoms with Crippen molar-refractivity contribution < 1.29 is 23.6 Å². The van der Waals surface area contributed by atoms with E-state index < -0.39 is 23.9 Å². The van der Waals surface area contributed by atoms with Gasteiger partial charge >= 0.3 is 13.2 Å². The standard InChI is InChI=1S/C23H37BN4O5/c1-21(2,3)31-20(30)28-12-10-27(11-13-28)9-8-19(29)26-18-14-17(15-25-16-18)24-32-22(4,5)23(6,7)33-24/h14-16H,8-13H2,1-7H3,(H,26,29). The first kappa shape index (κ1) is 25.5. The number of carbonyl (C=O) groups is 2. The summed E-state index contributed by atoms with van der Waals surface area (Å²) in [6, 6.07) is 1.84. The molecular weight excluding hydrogens is 423 g/mol. The molecule has 1 N–H and O–H groups in total. The van der Waals surface area contributed by atoms with Gasteiger partial charge in [0.1, 0.15) is 5.60 Å². The summed E-state index contributed by atoms with van der Waals surface area (Å²) >= 11 is 0. The summed E-state index contributed by atoms with van der Waals surface area (Å²) in [5.74, 6) is -0.0857. The van der Waals surface area contributed by atoms with Crippen LogP contribution in [0.25, 0.3) is 0 Å². The van der Waals surface area contributed by atoms with Crippen LogP contribution < -0.4 is 10.8 Å². The van der Waals surface area contributed by atoms with Gasteiger partial charge in [0.2, 0.25) is 5.91 Å². The monoisotopic (exact) mass is 460 g/mol. The van der Waals surface area contributed by atoms with Crippen LogP contribution in [0, 0.1) is 0 Å². The molecule has 0 radical (unpaired) electrons. The van der Waals surface area contributed by atoms with E-state index in [0.29, 0.717) is 44.8 Å². The fourth-order valence-corrected chi connectivity index (χ4v) is 3.60. The van der Waals surface area contributed by atoms with Crippen LogP contribution in [0.1, 0.15) is 54.9 Å². The van der Waals surface area contributed by atoms with Gasteiger partial charge in [-0.25, -0.2) is 4.79 Å². The van der Waals surface area contributed by atoms with E-state index >= 15 is 0 Å². The van der Waals surface area contributed by atoms with Gasteiger partial charge in [0, 0.05) is 50.8 Å². The highest BCUT2D eigenvalue weighted by Gasteiger charge is 2.51. The van der Waals surface area contributed by atoms with Crippen LogP contribution in [-0.4, -0.2) is 83.4 Å². The number of aromatic nitrogens is 1. The van der Waals surface area contributed by atoms with E-state index in [9.17, 15) is 9.59 Å². The van der Waals surface area contributed by atoms with E-state index in [-0.39, 0.29) is 12.0 Å². The molecule has 2 saturated heterocycles. The molecule has 10 heteroatoms. The average molecular weight is 460 g/mol. The minimum absolute atomic E-state index is 0.0857. The predicted octanol–water partition coefficient (Wildman–Crippen LogP) is 2.26. The Morgan fingerprint density at radius 2 is 1.70 bits per heavy atom. The fourth-order valence-electron chi connectivity index (χ4n) is 3.60. The van der Waals surface area contributed by atoms with Crippen molar-refractivity contribution in [3.63, 3.8) is 0 Å². The van der Waals surface area contributed by atoms with E-state index in [2.05, 4.69) is 15.2 Å². The van der Waals surface area contributed by atoms with Crippen molar-refractivity contribution in [2.45, 2.75) is 71.7 Å². The summed E-state index contributed by atoms with van der Waals surface area (Å²) in [5, 5.41) is 2.92. The highest BCUT2D eigenvalue weighted by molar-refractivity contribution is 6.62. The van der Waals surface area contributed by atoms with Gasteiger partial charge in [0.05, 0.1) is 23.1 Å². The van der Waals surface area contributed by atoms with Crippen molar-refractivity contribution in [2.24, 2.45) is 0 Å². The second-order valence-electron chi connectivity index (χ2n) is 10.7. The fraction of sp³-hybridized carbons (Fsp3) is 0.696. The van der Waals surface area contributed by atoms with Gasteiger partial charge in [-0.15, -0.1) is 0 Å². The predicted molar refractivity (Wildman–Crippen MR) is 127 cm³/mol. The topological polar surface area (TPSA) is 93.2 Å². The third-order valence-electron chi connectivity index (χ3n) is 6.25. The lowest BCUT2D eigenvalue weighted by Gasteiger charge is -2.35. The summed E-state index contributed by atoms with van der Waals surface area (Å²) < 4.78 is 17.6. The number of ether oxygens (including phenoxy) is 1. The molecule has 0 bridgehead atoms. The van der Waals surface area contributed by atoms with Crippen molar-refractivity contribution in [2.75, 3.05) is 38.0 Å². The Hall–Kier alpha value is -2.17. The molecule has 9 nitrogen and oxygen atoms in total. The van der Waals surface area contributed by atoms with Crippen LogP contribution >= 0.6 is 0 Å². The number of rotatable bonds is 5. The zero-order valence-corrected chi connectivity index (χ0v) is 20.9. The van der Waals surface area contributed by atoms with Crippen LogP contribution in [0.2, 0.25) is 0 Å². The molecule has 0 spiro atoms. The van der Waals surface area contributed by atoms with E-state index in [1.807, 2.05) is 54.5 Å². The second kappa shape index (κ2) is 9.60. The molecule has 2 fully saturated rings. The Morgan fingerprint density at radius 3 is 2.27 bits per heavy atom. The lowest BCUT2D eigenvalue weighted by atomic mass is 9.80. The third kappa shape index (κ3) is 6.68. The number of pyridine rings is 1. The molecule has 1 aromatic heterocycles. The number of piperazine rings is 1. The van der Waals surface area contributed by atoms with Gasteiger partial charge < -0.3 is 24.3 Å². The Balaban J connectivity index is 1.45. The Bertz CT molecular complexity index is 847. The maximum Gasteiger partial charge on any atom is 0.496 e. The van der Waals surface area contributed by atoms with Crippen LogP contribution in [0.3, 0.4) is 0 Å². The van der Waals surface area contributed by atoms with Crippen molar-refractivity contribution in [3.8, 4) is 0 Å². The van der Waals surface area contributed by atoms with Gasteiger partial charge in [0.25, 0.3) is 0 Å². The molecular formula is C23H37BN4O5. The number of nitrogens with one attached hydrogen (secondary N) is 1. The van der Waals surface area contributed by atoms with Gasteiger partial charge in [-0.1, -0.05) is 0 Å². The van der Waals surface area contributed by atoms with E-state index in [1.165, 1.54) is 0 Å². The molecule has 2 aliphatic rings. The van der Waals surface area contributed by atoms with Gasteiger partial charge in [-0.3, -0.25) is 14.7 Å². The summed E-state index contributed by atoms with van der Waals surface area (Å²) in [6.07, 6.45) is 3.38. The Kier molecular flexibility index (Phi) is 7.41. The van der Waals surface area contributed by atoms with E-state index in [0.717, 1.165) is 5.46 Å². The molecule has 0 atom stereocenters. The molecule has 2 aliphatic heterocycles. The van der Waals surface area contributed by atoms with Crippen molar-refractivity contribution in [3.05, 3.63) is 18.5 Å². The van der Waals surface area contributed by atoms with Crippen LogP contribution in [-0.2, 0) is 18.8 Å².